The van der Waals surface area contributed by atoms with Crippen LogP contribution in [0.2, 0.25) is 0 Å². The standard InChI is InChI=1S/C15H25N3OS/c1-3-12(2)14(16)15(19)18-7-5-17(6-8-18)10-13-4-9-20-11-13/h4,9,11-12,14H,3,5-8,10,16H2,1-2H3/t12-,14-/m0/s1. The number of rotatable bonds is 5. The summed E-state index contributed by atoms with van der Waals surface area (Å²) in [5.41, 5.74) is 7.41. The fourth-order valence-electron chi connectivity index (χ4n) is 2.48. The molecule has 2 N–H and O–H groups in total. The van der Waals surface area contributed by atoms with Crippen LogP contribution in [0.15, 0.2) is 16.8 Å². The van der Waals surface area contributed by atoms with Gasteiger partial charge in [-0.05, 0) is 28.3 Å². The maximum Gasteiger partial charge on any atom is 0.239 e. The molecule has 1 saturated heterocycles. The number of nitrogens with two attached hydrogens (primary N) is 1. The molecule has 1 fully saturated rings. The average molecular weight is 295 g/mol. The minimum Gasteiger partial charge on any atom is -0.339 e. The van der Waals surface area contributed by atoms with Gasteiger partial charge in [-0.2, -0.15) is 11.3 Å². The highest BCUT2D eigenvalue weighted by Crippen LogP contribution is 2.14. The van der Waals surface area contributed by atoms with Crippen LogP contribution in [0.5, 0.6) is 0 Å². The first-order chi connectivity index (χ1) is 9.61. The maximum atomic E-state index is 12.3. The monoisotopic (exact) mass is 295 g/mol. The van der Waals surface area contributed by atoms with Gasteiger partial charge in [0, 0.05) is 32.7 Å². The van der Waals surface area contributed by atoms with Gasteiger partial charge < -0.3 is 10.6 Å². The molecule has 5 heteroatoms. The third-order valence-corrected chi connectivity index (χ3v) is 4.94. The van der Waals surface area contributed by atoms with Crippen LogP contribution in [-0.2, 0) is 11.3 Å². The Morgan fingerprint density at radius 3 is 2.65 bits per heavy atom. The van der Waals surface area contributed by atoms with Gasteiger partial charge in [0.05, 0.1) is 6.04 Å². The van der Waals surface area contributed by atoms with Crippen molar-refractivity contribution in [3.8, 4) is 0 Å². The van der Waals surface area contributed by atoms with Gasteiger partial charge in [-0.1, -0.05) is 20.3 Å². The van der Waals surface area contributed by atoms with Crippen LogP contribution in [-0.4, -0.2) is 47.9 Å². The summed E-state index contributed by atoms with van der Waals surface area (Å²) in [5, 5.41) is 4.30. The lowest BCUT2D eigenvalue weighted by Gasteiger charge is -2.36. The molecule has 2 rings (SSSR count). The van der Waals surface area contributed by atoms with Gasteiger partial charge >= 0.3 is 0 Å². The van der Waals surface area contributed by atoms with E-state index in [1.807, 2.05) is 4.90 Å². The van der Waals surface area contributed by atoms with Gasteiger partial charge in [-0.15, -0.1) is 0 Å². The van der Waals surface area contributed by atoms with E-state index in [1.165, 1.54) is 5.56 Å². The lowest BCUT2D eigenvalue weighted by atomic mass is 9.98. The van der Waals surface area contributed by atoms with E-state index < -0.39 is 0 Å². The summed E-state index contributed by atoms with van der Waals surface area (Å²) in [4.78, 5) is 16.6. The van der Waals surface area contributed by atoms with Crippen molar-refractivity contribution in [3.05, 3.63) is 22.4 Å². The number of piperazine rings is 1. The largest absolute Gasteiger partial charge is 0.339 e. The second-order valence-electron chi connectivity index (χ2n) is 5.64. The van der Waals surface area contributed by atoms with Crippen LogP contribution in [0.3, 0.4) is 0 Å². The molecule has 4 nitrogen and oxygen atoms in total. The Hall–Kier alpha value is -0.910. The molecule has 0 radical (unpaired) electrons. The van der Waals surface area contributed by atoms with Gasteiger partial charge in [0.1, 0.15) is 0 Å². The topological polar surface area (TPSA) is 49.6 Å². The van der Waals surface area contributed by atoms with Crippen LogP contribution in [0.1, 0.15) is 25.8 Å². The number of hydrogen-bond acceptors (Lipinski definition) is 4. The van der Waals surface area contributed by atoms with E-state index in [1.54, 1.807) is 11.3 Å². The van der Waals surface area contributed by atoms with E-state index in [4.69, 9.17) is 5.73 Å². The Morgan fingerprint density at radius 2 is 2.10 bits per heavy atom. The molecule has 2 heterocycles. The van der Waals surface area contributed by atoms with Gasteiger partial charge in [0.2, 0.25) is 5.91 Å². The van der Waals surface area contributed by atoms with Gasteiger partial charge in [0.25, 0.3) is 0 Å². The van der Waals surface area contributed by atoms with Crippen LogP contribution in [0.25, 0.3) is 0 Å². The summed E-state index contributed by atoms with van der Waals surface area (Å²) >= 11 is 1.74. The van der Waals surface area contributed by atoms with Crippen molar-refractivity contribution in [2.24, 2.45) is 11.7 Å². The summed E-state index contributed by atoms with van der Waals surface area (Å²) in [6.45, 7) is 8.60. The van der Waals surface area contributed by atoms with Crippen molar-refractivity contribution in [2.45, 2.75) is 32.9 Å². The van der Waals surface area contributed by atoms with Crippen molar-refractivity contribution in [3.63, 3.8) is 0 Å². The summed E-state index contributed by atoms with van der Waals surface area (Å²) < 4.78 is 0. The zero-order valence-electron chi connectivity index (χ0n) is 12.4. The molecule has 1 aliphatic heterocycles. The summed E-state index contributed by atoms with van der Waals surface area (Å²) in [7, 11) is 0. The fourth-order valence-corrected chi connectivity index (χ4v) is 3.14. The van der Waals surface area contributed by atoms with Crippen LogP contribution >= 0.6 is 11.3 Å². The number of hydrogen-bond donors (Lipinski definition) is 1. The predicted molar refractivity (Wildman–Crippen MR) is 83.6 cm³/mol. The minimum atomic E-state index is -0.344. The highest BCUT2D eigenvalue weighted by atomic mass is 32.1. The molecule has 0 aromatic carbocycles. The molecule has 20 heavy (non-hydrogen) atoms. The number of amides is 1. The Kier molecular flexibility index (Phi) is 5.57. The van der Waals surface area contributed by atoms with E-state index in [0.717, 1.165) is 39.1 Å². The van der Waals surface area contributed by atoms with Crippen LogP contribution < -0.4 is 5.73 Å². The molecule has 0 aliphatic carbocycles. The molecular weight excluding hydrogens is 270 g/mol. The second-order valence-corrected chi connectivity index (χ2v) is 6.42. The molecule has 0 saturated carbocycles. The Balaban J connectivity index is 1.80. The van der Waals surface area contributed by atoms with Gasteiger partial charge in [0.15, 0.2) is 0 Å². The first-order valence-electron chi connectivity index (χ1n) is 7.39. The smallest absolute Gasteiger partial charge is 0.239 e. The van der Waals surface area contributed by atoms with Crippen molar-refractivity contribution in [1.82, 2.24) is 9.80 Å². The Labute approximate surface area is 125 Å². The molecule has 1 amide bonds. The van der Waals surface area contributed by atoms with Crippen molar-refractivity contribution in [1.29, 1.82) is 0 Å². The average Bonchev–Trinajstić information content (AvgIpc) is 2.98. The van der Waals surface area contributed by atoms with E-state index >= 15 is 0 Å². The van der Waals surface area contributed by atoms with E-state index in [2.05, 4.69) is 35.6 Å². The summed E-state index contributed by atoms with van der Waals surface area (Å²) in [5.74, 6) is 0.376. The van der Waals surface area contributed by atoms with Gasteiger partial charge in [-0.3, -0.25) is 9.69 Å². The molecule has 1 aromatic heterocycles. The van der Waals surface area contributed by atoms with E-state index in [9.17, 15) is 4.79 Å². The predicted octanol–water partition coefficient (Wildman–Crippen LogP) is 1.77. The number of carbonyl (C=O) groups excluding carboxylic acids is 1. The molecular formula is C15H25N3OS. The SMILES string of the molecule is CC[C@H](C)[C@H](N)C(=O)N1CCN(Cc2ccsc2)CC1. The molecule has 112 valence electrons. The first-order valence-corrected chi connectivity index (χ1v) is 8.34. The highest BCUT2D eigenvalue weighted by molar-refractivity contribution is 7.07. The van der Waals surface area contributed by atoms with Crippen LogP contribution in [0.4, 0.5) is 0 Å². The molecule has 0 bridgehead atoms. The molecule has 0 unspecified atom stereocenters. The molecule has 2 atom stereocenters. The molecule has 1 aromatic rings. The fraction of sp³-hybridized carbons (Fsp3) is 0.667. The van der Waals surface area contributed by atoms with Gasteiger partial charge in [-0.25, -0.2) is 0 Å². The third kappa shape index (κ3) is 3.81. The molecule has 0 spiro atoms. The third-order valence-electron chi connectivity index (χ3n) is 4.21. The first kappa shape index (κ1) is 15.5. The number of thiophene rings is 1. The summed E-state index contributed by atoms with van der Waals surface area (Å²) in [6.07, 6.45) is 0.949. The van der Waals surface area contributed by atoms with E-state index in [-0.39, 0.29) is 17.9 Å². The molecule has 1 aliphatic rings. The van der Waals surface area contributed by atoms with Crippen LogP contribution in [0, 0.1) is 5.92 Å². The summed E-state index contributed by atoms with van der Waals surface area (Å²) in [6, 6.07) is 1.82. The minimum absolute atomic E-state index is 0.120. The second kappa shape index (κ2) is 7.20. The van der Waals surface area contributed by atoms with Crippen molar-refractivity contribution < 1.29 is 4.79 Å². The Morgan fingerprint density at radius 1 is 1.40 bits per heavy atom. The number of nitrogens with zero attached hydrogens (tertiary/aromatic N) is 2. The normalized spacial score (nSPS) is 19.9. The van der Waals surface area contributed by atoms with Crippen molar-refractivity contribution >= 4 is 17.2 Å². The lowest BCUT2D eigenvalue weighted by molar-refractivity contribution is -0.135. The highest BCUT2D eigenvalue weighted by Gasteiger charge is 2.27. The zero-order chi connectivity index (χ0) is 14.5. The maximum absolute atomic E-state index is 12.3. The quantitative estimate of drug-likeness (QED) is 0.900. The zero-order valence-corrected chi connectivity index (χ0v) is 13.2. The lowest BCUT2D eigenvalue weighted by Crippen LogP contribution is -2.54. The number of carbonyl (C=O) groups is 1. The Bertz CT molecular complexity index is 413. The van der Waals surface area contributed by atoms with E-state index in [0.29, 0.717) is 0 Å². The van der Waals surface area contributed by atoms with Crippen molar-refractivity contribution in [2.75, 3.05) is 26.2 Å².